The van der Waals surface area contributed by atoms with E-state index in [2.05, 4.69) is 38.9 Å². The normalized spacial score (nSPS) is 14.4. The highest BCUT2D eigenvalue weighted by Crippen LogP contribution is 2.33. The first-order valence-corrected chi connectivity index (χ1v) is 15.0. The number of sulfonamides is 1. The lowest BCUT2D eigenvalue weighted by Gasteiger charge is -2.22. The van der Waals surface area contributed by atoms with Gasteiger partial charge in [-0.05, 0) is 54.4 Å². The van der Waals surface area contributed by atoms with Gasteiger partial charge in [0.25, 0.3) is 10.0 Å². The molecule has 0 unspecified atom stereocenters. The summed E-state index contributed by atoms with van der Waals surface area (Å²) < 4.78 is 29.1. The van der Waals surface area contributed by atoms with Crippen LogP contribution < -0.4 is 4.72 Å². The van der Waals surface area contributed by atoms with Crippen molar-refractivity contribution in [1.82, 2.24) is 9.88 Å². The number of anilines is 1. The van der Waals surface area contributed by atoms with Crippen LogP contribution in [0, 0.1) is 0 Å². The van der Waals surface area contributed by atoms with Crippen molar-refractivity contribution in [3.8, 4) is 5.88 Å². The van der Waals surface area contributed by atoms with E-state index >= 15 is 0 Å². The molecular weight excluding hydrogens is 532 g/mol. The van der Waals surface area contributed by atoms with Crippen LogP contribution in [0.3, 0.4) is 0 Å². The van der Waals surface area contributed by atoms with Crippen LogP contribution in [0.2, 0.25) is 0 Å². The number of aromatic hydroxyl groups is 1. The van der Waals surface area contributed by atoms with Crippen molar-refractivity contribution in [3.63, 3.8) is 0 Å². The number of para-hydroxylation sites is 1. The zero-order chi connectivity index (χ0) is 28.2. The lowest BCUT2D eigenvalue weighted by Crippen LogP contribution is -2.26. The number of H-pyrrole nitrogens is 1. The number of rotatable bonds is 8. The summed E-state index contributed by atoms with van der Waals surface area (Å²) in [7, 11) is -3.87. The average molecular weight is 563 g/mol. The summed E-state index contributed by atoms with van der Waals surface area (Å²) in [5.41, 5.74) is 4.78. The maximum Gasteiger partial charge on any atom is 0.261 e. The van der Waals surface area contributed by atoms with Crippen LogP contribution in [0.15, 0.2) is 125 Å². The fourth-order valence-electron chi connectivity index (χ4n) is 5.04. The molecule has 206 valence electrons. The molecule has 5 aromatic rings. The Hall–Kier alpha value is -4.66. The molecule has 4 aromatic carbocycles. The number of hydrogen-bond acceptors (Lipinski definition) is 5. The second kappa shape index (κ2) is 11.4. The molecule has 3 N–H and O–H groups in total. The Morgan fingerprint density at radius 2 is 1.63 bits per heavy atom. The van der Waals surface area contributed by atoms with Crippen molar-refractivity contribution in [3.05, 3.63) is 132 Å². The van der Waals surface area contributed by atoms with Crippen LogP contribution in [0.25, 0.3) is 10.9 Å². The first-order chi connectivity index (χ1) is 20.0. The van der Waals surface area contributed by atoms with Crippen LogP contribution in [0.4, 0.5) is 11.4 Å². The van der Waals surface area contributed by atoms with Gasteiger partial charge < -0.3 is 10.1 Å². The van der Waals surface area contributed by atoms with E-state index in [9.17, 15) is 13.5 Å². The summed E-state index contributed by atoms with van der Waals surface area (Å²) in [4.78, 5) is 10.5. The molecule has 0 fully saturated rings. The monoisotopic (exact) mass is 562 g/mol. The fourth-order valence-corrected chi connectivity index (χ4v) is 6.13. The lowest BCUT2D eigenvalue weighted by atomic mass is 10.0. The molecule has 8 heteroatoms. The summed E-state index contributed by atoms with van der Waals surface area (Å²) in [6.07, 6.45) is 5.50. The third kappa shape index (κ3) is 5.94. The Bertz CT molecular complexity index is 1830. The first kappa shape index (κ1) is 26.6. The van der Waals surface area contributed by atoms with Crippen LogP contribution in [-0.4, -0.2) is 42.2 Å². The third-order valence-corrected chi connectivity index (χ3v) is 8.48. The molecule has 0 aliphatic carbocycles. The summed E-state index contributed by atoms with van der Waals surface area (Å²) in [6, 6.07) is 31.2. The molecule has 0 bridgehead atoms. The Kier molecular flexibility index (Phi) is 7.41. The Morgan fingerprint density at radius 3 is 2.34 bits per heavy atom. The number of hydrogen-bond donors (Lipinski definition) is 3. The molecule has 6 rings (SSSR count). The number of aromatic nitrogens is 1. The molecule has 0 atom stereocenters. The van der Waals surface area contributed by atoms with Crippen molar-refractivity contribution in [2.45, 2.75) is 17.9 Å². The summed E-state index contributed by atoms with van der Waals surface area (Å²) >= 11 is 0. The van der Waals surface area contributed by atoms with Crippen molar-refractivity contribution in [2.75, 3.05) is 17.8 Å². The molecule has 1 aromatic heterocycles. The van der Waals surface area contributed by atoms with Crippen molar-refractivity contribution < 1.29 is 13.5 Å². The minimum atomic E-state index is -3.87. The van der Waals surface area contributed by atoms with Gasteiger partial charge in [-0.15, -0.1) is 0 Å². The summed E-state index contributed by atoms with van der Waals surface area (Å²) in [5.74, 6) is -0.0806. The van der Waals surface area contributed by atoms with Crippen molar-refractivity contribution in [1.29, 1.82) is 0 Å². The van der Waals surface area contributed by atoms with Crippen LogP contribution >= 0.6 is 0 Å². The van der Waals surface area contributed by atoms with Gasteiger partial charge in [0.05, 0.1) is 21.9 Å². The summed E-state index contributed by atoms with van der Waals surface area (Å²) in [5, 5.41) is 11.6. The minimum Gasteiger partial charge on any atom is -0.494 e. The maximum absolute atomic E-state index is 13.2. The number of nitrogens with one attached hydrogen (secondary N) is 2. The van der Waals surface area contributed by atoms with E-state index in [1.54, 1.807) is 36.4 Å². The van der Waals surface area contributed by atoms with E-state index in [0.29, 0.717) is 27.9 Å². The Morgan fingerprint density at radius 1 is 0.902 bits per heavy atom. The third-order valence-electron chi connectivity index (χ3n) is 7.10. The Balaban J connectivity index is 1.40. The van der Waals surface area contributed by atoms with Gasteiger partial charge in [0.2, 0.25) is 0 Å². The van der Waals surface area contributed by atoms with Crippen molar-refractivity contribution >= 4 is 38.0 Å². The van der Waals surface area contributed by atoms with Gasteiger partial charge >= 0.3 is 0 Å². The van der Waals surface area contributed by atoms with Crippen molar-refractivity contribution in [2.24, 2.45) is 4.99 Å². The number of fused-ring (bicyclic) bond motifs is 1. The second-order valence-electron chi connectivity index (χ2n) is 10.0. The number of benzene rings is 4. The maximum atomic E-state index is 13.2. The zero-order valence-electron chi connectivity index (χ0n) is 22.4. The van der Waals surface area contributed by atoms with Gasteiger partial charge in [0.1, 0.15) is 0 Å². The predicted octanol–water partition coefficient (Wildman–Crippen LogP) is 6.61. The van der Waals surface area contributed by atoms with E-state index in [1.807, 2.05) is 48.5 Å². The highest BCUT2D eigenvalue weighted by atomic mass is 32.2. The summed E-state index contributed by atoms with van der Waals surface area (Å²) in [6.45, 7) is 2.88. The molecule has 0 saturated heterocycles. The average Bonchev–Trinajstić information content (AvgIpc) is 3.33. The van der Waals surface area contributed by atoms with E-state index in [1.165, 1.54) is 11.6 Å². The number of aromatic amines is 1. The number of nitrogens with zero attached hydrogens (tertiary/aromatic N) is 2. The molecule has 0 spiro atoms. The SMILES string of the molecule is O=S(=O)(Nc1ccccc1)c1ccc2[nH]c(O)c(C(=Nc3ccc(CN4CC=CCC4)cc3)c3ccccc3)c2c1. The van der Waals surface area contributed by atoms with E-state index < -0.39 is 10.0 Å². The van der Waals surface area contributed by atoms with Crippen LogP contribution in [0.1, 0.15) is 23.1 Å². The zero-order valence-corrected chi connectivity index (χ0v) is 23.2. The van der Waals surface area contributed by atoms with E-state index in [4.69, 9.17) is 4.99 Å². The topological polar surface area (TPSA) is 97.8 Å². The predicted molar refractivity (Wildman–Crippen MR) is 164 cm³/mol. The lowest BCUT2D eigenvalue weighted by molar-refractivity contribution is 0.291. The Labute approximate surface area is 239 Å². The van der Waals surface area contributed by atoms with Gasteiger partial charge in [-0.1, -0.05) is 72.8 Å². The van der Waals surface area contributed by atoms with E-state index in [0.717, 1.165) is 37.3 Å². The minimum absolute atomic E-state index is 0.0806. The highest BCUT2D eigenvalue weighted by molar-refractivity contribution is 7.92. The van der Waals surface area contributed by atoms with Gasteiger partial charge in [-0.25, -0.2) is 13.4 Å². The van der Waals surface area contributed by atoms with Crippen LogP contribution in [-0.2, 0) is 16.6 Å². The van der Waals surface area contributed by atoms with Gasteiger partial charge in [-0.2, -0.15) is 0 Å². The van der Waals surface area contributed by atoms with E-state index in [-0.39, 0.29) is 10.8 Å². The van der Waals surface area contributed by atoms with Gasteiger partial charge in [-0.3, -0.25) is 9.62 Å². The van der Waals surface area contributed by atoms with Gasteiger partial charge in [0.15, 0.2) is 5.88 Å². The fraction of sp³-hybridized carbons (Fsp3) is 0.121. The van der Waals surface area contributed by atoms with Gasteiger partial charge in [0, 0.05) is 41.8 Å². The molecule has 0 amide bonds. The molecule has 0 saturated carbocycles. The largest absolute Gasteiger partial charge is 0.494 e. The molecule has 1 aliphatic rings. The molecule has 0 radical (unpaired) electrons. The molecule has 7 nitrogen and oxygen atoms in total. The second-order valence-corrected chi connectivity index (χ2v) is 11.7. The quantitative estimate of drug-likeness (QED) is 0.147. The molecule has 41 heavy (non-hydrogen) atoms. The van der Waals surface area contributed by atoms with Crippen LogP contribution in [0.5, 0.6) is 5.88 Å². The molecule has 2 heterocycles. The first-order valence-electron chi connectivity index (χ1n) is 13.5. The number of aliphatic imine (C=N–C) groups is 1. The molecular formula is C33H30N4O3S. The molecule has 1 aliphatic heterocycles. The smallest absolute Gasteiger partial charge is 0.261 e. The standard InChI is InChI=1S/C33H30N4O3S/c38-33-31(29-22-28(18-19-30(29)35-33)41(39,40)36-27-12-6-2-7-13-27)32(25-10-4-1-5-11-25)34-26-16-14-24(15-17-26)23-37-20-8-3-9-21-37/h1-8,10-19,22,35-36,38H,9,20-21,23H2. The highest BCUT2D eigenvalue weighted by Gasteiger charge is 2.22.